The van der Waals surface area contributed by atoms with Crippen LogP contribution in [0, 0.1) is 5.92 Å². The Labute approximate surface area is 74.3 Å². The third-order valence-electron chi connectivity index (χ3n) is 2.31. The van der Waals surface area contributed by atoms with Crippen molar-refractivity contribution in [3.8, 4) is 0 Å². The van der Waals surface area contributed by atoms with Crippen LogP contribution in [-0.4, -0.2) is 43.0 Å². The fraction of sp³-hybridized carbons (Fsp3) is 0.889. The molecule has 2 amide bonds. The fourth-order valence-electron chi connectivity index (χ4n) is 1.65. The van der Waals surface area contributed by atoms with Gasteiger partial charge in [-0.1, -0.05) is 6.92 Å². The van der Waals surface area contributed by atoms with Gasteiger partial charge >= 0.3 is 6.03 Å². The minimum atomic E-state index is 0.154. The number of hydrogen-bond acceptors (Lipinski definition) is 1. The van der Waals surface area contributed by atoms with Crippen LogP contribution in [0.4, 0.5) is 4.79 Å². The number of rotatable bonds is 0. The Kier molecular flexibility index (Phi) is 2.95. The molecule has 0 unspecified atom stereocenters. The molecule has 0 spiro atoms. The smallest absolute Gasteiger partial charge is 0.319 e. The summed E-state index contributed by atoms with van der Waals surface area (Å²) in [5.41, 5.74) is 0. The van der Waals surface area contributed by atoms with E-state index in [2.05, 4.69) is 6.92 Å². The highest BCUT2D eigenvalue weighted by Crippen LogP contribution is 2.15. The maximum atomic E-state index is 11.5. The normalized spacial score (nSPS) is 23.9. The van der Waals surface area contributed by atoms with Crippen molar-refractivity contribution in [1.82, 2.24) is 9.80 Å². The van der Waals surface area contributed by atoms with E-state index >= 15 is 0 Å². The standard InChI is InChI=1S/C9H18N2O/c1-8-5-4-6-11(7-8)9(12)10(2)3/h8H,4-7H2,1-3H3/t8-/m1/s1. The third-order valence-corrected chi connectivity index (χ3v) is 2.31. The van der Waals surface area contributed by atoms with Gasteiger partial charge in [-0.15, -0.1) is 0 Å². The summed E-state index contributed by atoms with van der Waals surface area (Å²) >= 11 is 0. The lowest BCUT2D eigenvalue weighted by Gasteiger charge is -2.32. The molecular formula is C9H18N2O. The molecule has 0 bridgehead atoms. The second-order valence-electron chi connectivity index (χ2n) is 3.87. The zero-order valence-corrected chi connectivity index (χ0v) is 8.21. The quantitative estimate of drug-likeness (QED) is 0.539. The largest absolute Gasteiger partial charge is 0.331 e. The molecule has 0 saturated carbocycles. The van der Waals surface area contributed by atoms with Gasteiger partial charge in [-0.05, 0) is 18.8 Å². The molecule has 1 aliphatic heterocycles. The van der Waals surface area contributed by atoms with Crippen molar-refractivity contribution in [3.05, 3.63) is 0 Å². The number of amides is 2. The molecule has 0 aromatic rings. The molecule has 0 radical (unpaired) electrons. The van der Waals surface area contributed by atoms with Crippen molar-refractivity contribution in [3.63, 3.8) is 0 Å². The highest BCUT2D eigenvalue weighted by Gasteiger charge is 2.21. The number of carbonyl (C=O) groups is 1. The summed E-state index contributed by atoms with van der Waals surface area (Å²) in [5.74, 6) is 0.669. The Morgan fingerprint density at radius 2 is 2.17 bits per heavy atom. The monoisotopic (exact) mass is 170 g/mol. The molecule has 0 aliphatic carbocycles. The van der Waals surface area contributed by atoms with Crippen molar-refractivity contribution >= 4 is 6.03 Å². The van der Waals surface area contributed by atoms with Gasteiger partial charge in [0.2, 0.25) is 0 Å². The Morgan fingerprint density at radius 3 is 2.67 bits per heavy atom. The van der Waals surface area contributed by atoms with E-state index in [1.54, 1.807) is 4.90 Å². The van der Waals surface area contributed by atoms with Crippen LogP contribution in [0.15, 0.2) is 0 Å². The average Bonchev–Trinajstić information content (AvgIpc) is 2.03. The van der Waals surface area contributed by atoms with Crippen LogP contribution in [-0.2, 0) is 0 Å². The Morgan fingerprint density at radius 1 is 1.50 bits per heavy atom. The first kappa shape index (κ1) is 9.36. The van der Waals surface area contributed by atoms with E-state index in [-0.39, 0.29) is 6.03 Å². The Balaban J connectivity index is 2.46. The molecule has 3 heteroatoms. The number of nitrogens with zero attached hydrogens (tertiary/aromatic N) is 2. The minimum absolute atomic E-state index is 0.154. The Hall–Kier alpha value is -0.730. The molecule has 0 aromatic carbocycles. The maximum Gasteiger partial charge on any atom is 0.319 e. The van der Waals surface area contributed by atoms with E-state index in [9.17, 15) is 4.79 Å². The minimum Gasteiger partial charge on any atom is -0.331 e. The van der Waals surface area contributed by atoms with Crippen LogP contribution in [0.2, 0.25) is 0 Å². The molecule has 1 atom stereocenters. The van der Waals surface area contributed by atoms with E-state index in [1.165, 1.54) is 6.42 Å². The lowest BCUT2D eigenvalue weighted by molar-refractivity contribution is 0.146. The topological polar surface area (TPSA) is 23.6 Å². The van der Waals surface area contributed by atoms with Crippen LogP contribution in [0.25, 0.3) is 0 Å². The molecule has 70 valence electrons. The van der Waals surface area contributed by atoms with Gasteiger partial charge < -0.3 is 9.80 Å². The summed E-state index contributed by atoms with van der Waals surface area (Å²) < 4.78 is 0. The predicted molar refractivity (Wildman–Crippen MR) is 49.1 cm³/mol. The van der Waals surface area contributed by atoms with Crippen LogP contribution in [0.5, 0.6) is 0 Å². The second-order valence-corrected chi connectivity index (χ2v) is 3.87. The summed E-state index contributed by atoms with van der Waals surface area (Å²) in [6.45, 7) is 4.06. The van der Waals surface area contributed by atoms with Gasteiger partial charge in [0.05, 0.1) is 0 Å². The first-order chi connectivity index (χ1) is 5.61. The number of carbonyl (C=O) groups excluding carboxylic acids is 1. The molecular weight excluding hydrogens is 152 g/mol. The van der Waals surface area contributed by atoms with E-state index in [0.29, 0.717) is 5.92 Å². The summed E-state index contributed by atoms with van der Waals surface area (Å²) in [4.78, 5) is 15.1. The van der Waals surface area contributed by atoms with Gasteiger partial charge in [0.25, 0.3) is 0 Å². The predicted octanol–water partition coefficient (Wildman–Crippen LogP) is 1.40. The zero-order chi connectivity index (χ0) is 9.14. The van der Waals surface area contributed by atoms with E-state index in [1.807, 2.05) is 19.0 Å². The van der Waals surface area contributed by atoms with Crippen LogP contribution < -0.4 is 0 Å². The average molecular weight is 170 g/mol. The lowest BCUT2D eigenvalue weighted by Crippen LogP contribution is -2.44. The molecule has 1 aliphatic rings. The summed E-state index contributed by atoms with van der Waals surface area (Å²) in [6, 6.07) is 0.154. The summed E-state index contributed by atoms with van der Waals surface area (Å²) in [6.07, 6.45) is 2.41. The van der Waals surface area contributed by atoms with Crippen LogP contribution in [0.1, 0.15) is 19.8 Å². The maximum absolute atomic E-state index is 11.5. The highest BCUT2D eigenvalue weighted by atomic mass is 16.2. The second kappa shape index (κ2) is 3.78. The first-order valence-corrected chi connectivity index (χ1v) is 4.57. The van der Waals surface area contributed by atoms with Crippen LogP contribution in [0.3, 0.4) is 0 Å². The molecule has 1 rings (SSSR count). The van der Waals surface area contributed by atoms with Gasteiger partial charge in [-0.25, -0.2) is 4.79 Å². The van der Waals surface area contributed by atoms with Gasteiger partial charge in [0.1, 0.15) is 0 Å². The molecule has 1 saturated heterocycles. The van der Waals surface area contributed by atoms with E-state index in [0.717, 1.165) is 19.5 Å². The summed E-state index contributed by atoms with van der Waals surface area (Å²) in [7, 11) is 3.61. The van der Waals surface area contributed by atoms with E-state index < -0.39 is 0 Å². The van der Waals surface area contributed by atoms with Gasteiger partial charge in [-0.3, -0.25) is 0 Å². The van der Waals surface area contributed by atoms with E-state index in [4.69, 9.17) is 0 Å². The summed E-state index contributed by atoms with van der Waals surface area (Å²) in [5, 5.41) is 0. The van der Waals surface area contributed by atoms with Crippen LogP contribution >= 0.6 is 0 Å². The molecule has 3 nitrogen and oxygen atoms in total. The van der Waals surface area contributed by atoms with Gasteiger partial charge in [0.15, 0.2) is 0 Å². The first-order valence-electron chi connectivity index (χ1n) is 4.57. The number of hydrogen-bond donors (Lipinski definition) is 0. The highest BCUT2D eigenvalue weighted by molar-refractivity contribution is 5.73. The number of piperidine rings is 1. The van der Waals surface area contributed by atoms with Crippen molar-refractivity contribution in [2.24, 2.45) is 5.92 Å². The van der Waals surface area contributed by atoms with Crippen molar-refractivity contribution < 1.29 is 4.79 Å². The SMILES string of the molecule is C[C@@H]1CCCN(C(=O)N(C)C)C1. The molecule has 1 heterocycles. The Bertz CT molecular complexity index is 168. The van der Waals surface area contributed by atoms with Gasteiger partial charge in [0, 0.05) is 27.2 Å². The number of urea groups is 1. The molecule has 0 N–H and O–H groups in total. The third kappa shape index (κ3) is 2.13. The zero-order valence-electron chi connectivity index (χ0n) is 8.21. The fourth-order valence-corrected chi connectivity index (χ4v) is 1.65. The number of likely N-dealkylation sites (tertiary alicyclic amines) is 1. The molecule has 12 heavy (non-hydrogen) atoms. The van der Waals surface area contributed by atoms with Gasteiger partial charge in [-0.2, -0.15) is 0 Å². The lowest BCUT2D eigenvalue weighted by atomic mass is 10.0. The molecule has 0 aromatic heterocycles. The van der Waals surface area contributed by atoms with Crippen molar-refractivity contribution in [2.45, 2.75) is 19.8 Å². The van der Waals surface area contributed by atoms with Crippen molar-refractivity contribution in [1.29, 1.82) is 0 Å². The molecule has 1 fully saturated rings. The van der Waals surface area contributed by atoms with Crippen molar-refractivity contribution in [2.75, 3.05) is 27.2 Å².